The van der Waals surface area contributed by atoms with Crippen molar-refractivity contribution >= 4 is 22.9 Å². The molecule has 1 saturated heterocycles. The lowest BCUT2D eigenvalue weighted by Crippen LogP contribution is -2.33. The van der Waals surface area contributed by atoms with E-state index in [2.05, 4.69) is 25.4 Å². The van der Waals surface area contributed by atoms with E-state index in [1.54, 1.807) is 6.92 Å². The highest BCUT2D eigenvalue weighted by Gasteiger charge is 2.44. The molecule has 0 radical (unpaired) electrons. The molecule has 154 valence electrons. The number of imidazole rings is 1. The molecule has 13 heteroatoms. The minimum absolute atomic E-state index is 0.0607. The first-order valence-corrected chi connectivity index (χ1v) is 8.90. The summed E-state index contributed by atoms with van der Waals surface area (Å²) >= 11 is 0. The van der Waals surface area contributed by atoms with Gasteiger partial charge in [0.25, 0.3) is 11.9 Å². The van der Waals surface area contributed by atoms with Crippen LogP contribution in [0.15, 0.2) is 18.7 Å². The highest BCUT2D eigenvalue weighted by Crippen LogP contribution is 2.32. The van der Waals surface area contributed by atoms with Gasteiger partial charge in [-0.15, -0.1) is 0 Å². The van der Waals surface area contributed by atoms with Crippen molar-refractivity contribution in [1.82, 2.24) is 34.6 Å². The molecule has 0 spiro atoms. The van der Waals surface area contributed by atoms with Crippen molar-refractivity contribution in [3.05, 3.63) is 24.3 Å². The summed E-state index contributed by atoms with van der Waals surface area (Å²) in [7, 11) is 0. The van der Waals surface area contributed by atoms with Gasteiger partial charge < -0.3 is 31.1 Å². The molecule has 1 aliphatic heterocycles. The third kappa shape index (κ3) is 3.19. The number of anilines is 1. The molecule has 4 rings (SSSR count). The van der Waals surface area contributed by atoms with Crippen molar-refractivity contribution in [1.29, 1.82) is 0 Å². The number of hydrogen-bond donors (Lipinski definition) is 5. The molecule has 0 bridgehead atoms. The zero-order valence-electron chi connectivity index (χ0n) is 15.4. The van der Waals surface area contributed by atoms with Crippen molar-refractivity contribution in [3.63, 3.8) is 0 Å². The van der Waals surface area contributed by atoms with E-state index < -0.39 is 31.1 Å². The molecule has 1 amide bonds. The molecule has 13 nitrogen and oxygen atoms in total. The number of nitrogen functional groups attached to an aromatic ring is 1. The van der Waals surface area contributed by atoms with Gasteiger partial charge in [0.15, 0.2) is 17.7 Å². The summed E-state index contributed by atoms with van der Waals surface area (Å²) in [4.78, 5) is 24.6. The summed E-state index contributed by atoms with van der Waals surface area (Å²) in [6.45, 7) is 1.82. The fourth-order valence-electron chi connectivity index (χ4n) is 3.14. The maximum absolute atomic E-state index is 11.9. The van der Waals surface area contributed by atoms with E-state index >= 15 is 0 Å². The lowest BCUT2D eigenvalue weighted by Gasteiger charge is -2.16. The van der Waals surface area contributed by atoms with Crippen molar-refractivity contribution < 1.29 is 24.9 Å². The number of amides is 1. The minimum Gasteiger partial charge on any atom is -0.394 e. The molecule has 3 aromatic rings. The number of nitrogens with two attached hydrogens (primary N) is 1. The number of aliphatic hydroxyl groups excluding tert-OH is 3. The van der Waals surface area contributed by atoms with Crippen molar-refractivity contribution in [2.24, 2.45) is 0 Å². The summed E-state index contributed by atoms with van der Waals surface area (Å²) in [5.41, 5.74) is 6.82. The van der Waals surface area contributed by atoms with Gasteiger partial charge in [-0.05, 0) is 6.92 Å². The molecular formula is C16H20N8O5. The van der Waals surface area contributed by atoms with E-state index in [1.807, 2.05) is 0 Å². The Balaban J connectivity index is 1.74. The standard InChI is InChI=1S/C16H20N8O5/c1-2-18-14(28)7-3-20-24(4-7)16-21-12(17)9-13(22-16)23(6-19-9)15-11(27)10(26)8(5-25)29-15/h3-4,6,8,10-11,15,25-27H,2,5H2,1H3,(H,18,28)(H2,17,21,22)/t8?,10-,11-,15-/m1/s1. The number of rotatable bonds is 5. The average Bonchev–Trinajstić information content (AvgIpc) is 3.41. The average molecular weight is 404 g/mol. The summed E-state index contributed by atoms with van der Waals surface area (Å²) in [5, 5.41) is 36.4. The van der Waals surface area contributed by atoms with Crippen LogP contribution in [0.25, 0.3) is 17.1 Å². The van der Waals surface area contributed by atoms with Crippen LogP contribution in [0, 0.1) is 0 Å². The van der Waals surface area contributed by atoms with Crippen LogP contribution in [-0.4, -0.2) is 82.0 Å². The highest BCUT2D eigenvalue weighted by atomic mass is 16.6. The largest absolute Gasteiger partial charge is 0.394 e. The molecule has 0 saturated carbocycles. The van der Waals surface area contributed by atoms with E-state index in [0.717, 1.165) is 0 Å². The van der Waals surface area contributed by atoms with Gasteiger partial charge in [-0.3, -0.25) is 9.36 Å². The Hall–Kier alpha value is -3.13. The lowest BCUT2D eigenvalue weighted by molar-refractivity contribution is -0.0511. The molecule has 3 aromatic heterocycles. The predicted molar refractivity (Wildman–Crippen MR) is 97.9 cm³/mol. The fourth-order valence-corrected chi connectivity index (χ4v) is 3.14. The number of fused-ring (bicyclic) bond motifs is 1. The monoisotopic (exact) mass is 404 g/mol. The SMILES string of the molecule is CCNC(=O)c1cnn(-c2nc(N)c3ncn([C@@H]4OC(CO)[C@@H](O)[C@H]4O)c3n2)c1. The predicted octanol–water partition coefficient (Wildman–Crippen LogP) is -2.04. The van der Waals surface area contributed by atoms with Gasteiger partial charge in [0.2, 0.25) is 0 Å². The van der Waals surface area contributed by atoms with Crippen LogP contribution in [-0.2, 0) is 4.74 Å². The number of nitrogens with zero attached hydrogens (tertiary/aromatic N) is 6. The number of ether oxygens (including phenoxy) is 1. The molecule has 4 heterocycles. The fraction of sp³-hybridized carbons (Fsp3) is 0.438. The Morgan fingerprint density at radius 2 is 2.14 bits per heavy atom. The van der Waals surface area contributed by atoms with Crippen molar-refractivity contribution in [2.45, 2.75) is 31.5 Å². The van der Waals surface area contributed by atoms with Crippen LogP contribution >= 0.6 is 0 Å². The third-order valence-corrected chi connectivity index (χ3v) is 4.61. The first kappa shape index (κ1) is 19.2. The van der Waals surface area contributed by atoms with Gasteiger partial charge >= 0.3 is 0 Å². The Morgan fingerprint density at radius 1 is 1.34 bits per heavy atom. The van der Waals surface area contributed by atoms with Gasteiger partial charge in [0.05, 0.1) is 24.7 Å². The molecule has 0 aliphatic carbocycles. The van der Waals surface area contributed by atoms with Gasteiger partial charge in [-0.1, -0.05) is 0 Å². The second-order valence-corrected chi connectivity index (χ2v) is 6.49. The summed E-state index contributed by atoms with van der Waals surface area (Å²) in [5.74, 6) is -0.144. The van der Waals surface area contributed by atoms with Crippen LogP contribution in [0.2, 0.25) is 0 Å². The van der Waals surface area contributed by atoms with Crippen LogP contribution in [0.1, 0.15) is 23.5 Å². The van der Waals surface area contributed by atoms with Crippen LogP contribution in [0.5, 0.6) is 0 Å². The van der Waals surface area contributed by atoms with E-state index in [-0.39, 0.29) is 28.8 Å². The highest BCUT2D eigenvalue weighted by molar-refractivity contribution is 5.93. The Labute approximate surface area is 163 Å². The smallest absolute Gasteiger partial charge is 0.254 e. The Bertz CT molecular complexity index is 1050. The lowest BCUT2D eigenvalue weighted by atomic mass is 10.1. The molecule has 1 fully saturated rings. The van der Waals surface area contributed by atoms with Crippen LogP contribution in [0.4, 0.5) is 5.82 Å². The number of hydrogen-bond acceptors (Lipinski definition) is 10. The second-order valence-electron chi connectivity index (χ2n) is 6.49. The van der Waals surface area contributed by atoms with Gasteiger partial charge in [-0.2, -0.15) is 15.1 Å². The number of carbonyl (C=O) groups excluding carboxylic acids is 1. The normalized spacial score (nSPS) is 24.3. The summed E-state index contributed by atoms with van der Waals surface area (Å²) in [6, 6.07) is 0. The molecule has 1 unspecified atom stereocenters. The molecule has 1 aliphatic rings. The van der Waals surface area contributed by atoms with Gasteiger partial charge in [0.1, 0.15) is 23.8 Å². The second kappa shape index (κ2) is 7.36. The Morgan fingerprint density at radius 3 is 2.83 bits per heavy atom. The number of aromatic nitrogens is 6. The van der Waals surface area contributed by atoms with Gasteiger partial charge in [0, 0.05) is 12.7 Å². The first-order chi connectivity index (χ1) is 13.9. The quantitative estimate of drug-likeness (QED) is 0.317. The van der Waals surface area contributed by atoms with Crippen molar-refractivity contribution in [2.75, 3.05) is 18.9 Å². The van der Waals surface area contributed by atoms with Crippen LogP contribution < -0.4 is 11.1 Å². The zero-order chi connectivity index (χ0) is 20.7. The third-order valence-electron chi connectivity index (χ3n) is 4.61. The minimum atomic E-state index is -1.31. The maximum Gasteiger partial charge on any atom is 0.254 e. The topological polar surface area (TPSA) is 186 Å². The van der Waals surface area contributed by atoms with E-state index in [0.29, 0.717) is 12.1 Å². The van der Waals surface area contributed by atoms with E-state index in [1.165, 1.54) is 28.0 Å². The van der Waals surface area contributed by atoms with Crippen LogP contribution in [0.3, 0.4) is 0 Å². The Kier molecular flexibility index (Phi) is 4.87. The van der Waals surface area contributed by atoms with E-state index in [9.17, 15) is 20.1 Å². The summed E-state index contributed by atoms with van der Waals surface area (Å²) in [6.07, 6.45) is -0.375. The molecule has 6 N–H and O–H groups in total. The number of aliphatic hydroxyl groups is 3. The first-order valence-electron chi connectivity index (χ1n) is 8.90. The molecule has 29 heavy (non-hydrogen) atoms. The van der Waals surface area contributed by atoms with E-state index in [4.69, 9.17) is 10.5 Å². The maximum atomic E-state index is 11.9. The van der Waals surface area contributed by atoms with Gasteiger partial charge in [-0.25, -0.2) is 9.67 Å². The molecular weight excluding hydrogens is 384 g/mol. The molecule has 0 aromatic carbocycles. The number of carbonyl (C=O) groups is 1. The summed E-state index contributed by atoms with van der Waals surface area (Å²) < 4.78 is 8.22. The number of nitrogens with one attached hydrogen (secondary N) is 1. The van der Waals surface area contributed by atoms with Crippen molar-refractivity contribution in [3.8, 4) is 5.95 Å². The molecule has 4 atom stereocenters. The zero-order valence-corrected chi connectivity index (χ0v) is 15.4.